The molecule has 0 aliphatic carbocycles. The SMILES string of the molecule is COc1c(C)c(Br)c(C)c(CCCC(=O)O)c1O. The number of aliphatic carboxylic acids is 1. The number of phenolic OH excluding ortho intramolecular Hbond substituents is 1. The summed E-state index contributed by atoms with van der Waals surface area (Å²) < 4.78 is 6.07. The van der Waals surface area contributed by atoms with Crippen molar-refractivity contribution in [2.45, 2.75) is 33.1 Å². The van der Waals surface area contributed by atoms with Crippen LogP contribution in [-0.4, -0.2) is 23.3 Å². The quantitative estimate of drug-likeness (QED) is 0.875. The number of rotatable bonds is 5. The highest BCUT2D eigenvalue weighted by Crippen LogP contribution is 2.41. The topological polar surface area (TPSA) is 66.8 Å². The summed E-state index contributed by atoms with van der Waals surface area (Å²) in [7, 11) is 1.50. The number of ether oxygens (including phenoxy) is 1. The smallest absolute Gasteiger partial charge is 0.303 e. The molecule has 0 aromatic heterocycles. The molecule has 0 atom stereocenters. The minimum Gasteiger partial charge on any atom is -0.504 e. The molecule has 2 N–H and O–H groups in total. The molecule has 1 rings (SSSR count). The van der Waals surface area contributed by atoms with Crippen LogP contribution in [0.3, 0.4) is 0 Å². The predicted molar refractivity (Wildman–Crippen MR) is 72.4 cm³/mol. The molecule has 0 heterocycles. The molecule has 1 aromatic rings. The van der Waals surface area contributed by atoms with Crippen molar-refractivity contribution in [1.29, 1.82) is 0 Å². The molecular weight excluding hydrogens is 300 g/mol. The Hall–Kier alpha value is -1.23. The first-order valence-corrected chi connectivity index (χ1v) is 6.45. The van der Waals surface area contributed by atoms with Crippen LogP contribution >= 0.6 is 15.9 Å². The van der Waals surface area contributed by atoms with E-state index in [-0.39, 0.29) is 12.2 Å². The maximum atomic E-state index is 10.5. The van der Waals surface area contributed by atoms with Gasteiger partial charge in [0.1, 0.15) is 0 Å². The first-order valence-electron chi connectivity index (χ1n) is 5.66. The molecule has 0 aliphatic rings. The molecule has 0 fully saturated rings. The van der Waals surface area contributed by atoms with Crippen molar-refractivity contribution in [3.8, 4) is 11.5 Å². The van der Waals surface area contributed by atoms with Gasteiger partial charge in [0.25, 0.3) is 0 Å². The van der Waals surface area contributed by atoms with Gasteiger partial charge < -0.3 is 14.9 Å². The lowest BCUT2D eigenvalue weighted by Gasteiger charge is -2.17. The molecular formula is C13H17BrO4. The van der Waals surface area contributed by atoms with Gasteiger partial charge >= 0.3 is 5.97 Å². The second-order valence-electron chi connectivity index (χ2n) is 4.17. The maximum absolute atomic E-state index is 10.5. The van der Waals surface area contributed by atoms with E-state index in [2.05, 4.69) is 15.9 Å². The fraction of sp³-hybridized carbons (Fsp3) is 0.462. The van der Waals surface area contributed by atoms with E-state index in [0.717, 1.165) is 21.2 Å². The second kappa shape index (κ2) is 6.09. The van der Waals surface area contributed by atoms with Crippen LogP contribution in [0.4, 0.5) is 0 Å². The number of phenols is 1. The van der Waals surface area contributed by atoms with Gasteiger partial charge in [-0.15, -0.1) is 0 Å². The molecule has 0 aliphatic heterocycles. The Bertz CT molecular complexity index is 469. The van der Waals surface area contributed by atoms with E-state index in [9.17, 15) is 9.90 Å². The van der Waals surface area contributed by atoms with Crippen molar-refractivity contribution in [2.75, 3.05) is 7.11 Å². The minimum absolute atomic E-state index is 0.0900. The molecule has 18 heavy (non-hydrogen) atoms. The number of carboxylic acid groups (broad SMARTS) is 1. The zero-order valence-corrected chi connectivity index (χ0v) is 12.3. The number of hydrogen-bond acceptors (Lipinski definition) is 3. The van der Waals surface area contributed by atoms with E-state index < -0.39 is 5.97 Å². The zero-order chi connectivity index (χ0) is 13.9. The Morgan fingerprint density at radius 1 is 1.33 bits per heavy atom. The standard InChI is InChI=1S/C13H17BrO4/c1-7-9(5-4-6-10(15)16)12(17)13(18-3)8(2)11(7)14/h17H,4-6H2,1-3H3,(H,15,16). The van der Waals surface area contributed by atoms with Crippen LogP contribution < -0.4 is 4.74 Å². The lowest BCUT2D eigenvalue weighted by molar-refractivity contribution is -0.137. The van der Waals surface area contributed by atoms with Crippen LogP contribution in [0.15, 0.2) is 4.47 Å². The van der Waals surface area contributed by atoms with E-state index in [1.165, 1.54) is 7.11 Å². The Morgan fingerprint density at radius 3 is 2.44 bits per heavy atom. The largest absolute Gasteiger partial charge is 0.504 e. The third-order valence-electron chi connectivity index (χ3n) is 2.97. The normalized spacial score (nSPS) is 10.4. The Balaban J connectivity index is 3.10. The van der Waals surface area contributed by atoms with Gasteiger partial charge in [-0.3, -0.25) is 4.79 Å². The zero-order valence-electron chi connectivity index (χ0n) is 10.7. The van der Waals surface area contributed by atoms with Crippen LogP contribution in [0, 0.1) is 13.8 Å². The van der Waals surface area contributed by atoms with Crippen LogP contribution in [0.25, 0.3) is 0 Å². The second-order valence-corrected chi connectivity index (χ2v) is 4.96. The molecule has 100 valence electrons. The summed E-state index contributed by atoms with van der Waals surface area (Å²) in [6.07, 6.45) is 1.09. The highest BCUT2D eigenvalue weighted by Gasteiger charge is 2.18. The number of benzene rings is 1. The van der Waals surface area contributed by atoms with Gasteiger partial charge in [-0.05, 0) is 32.3 Å². The Labute approximate surface area is 115 Å². The van der Waals surface area contributed by atoms with E-state index in [0.29, 0.717) is 18.6 Å². The van der Waals surface area contributed by atoms with Crippen LogP contribution in [0.1, 0.15) is 29.5 Å². The molecule has 0 amide bonds. The minimum atomic E-state index is -0.828. The van der Waals surface area contributed by atoms with Gasteiger partial charge in [0.15, 0.2) is 11.5 Å². The van der Waals surface area contributed by atoms with Crippen molar-refractivity contribution in [3.05, 3.63) is 21.2 Å². The predicted octanol–water partition coefficient (Wildman–Crippen LogP) is 3.19. The van der Waals surface area contributed by atoms with Crippen molar-refractivity contribution in [2.24, 2.45) is 0 Å². The number of hydrogen-bond donors (Lipinski definition) is 2. The molecule has 0 saturated heterocycles. The number of halogens is 1. The van der Waals surface area contributed by atoms with Gasteiger partial charge in [-0.1, -0.05) is 15.9 Å². The van der Waals surface area contributed by atoms with Crippen molar-refractivity contribution in [1.82, 2.24) is 0 Å². The molecule has 5 heteroatoms. The Kier molecular flexibility index (Phi) is 5.02. The average molecular weight is 317 g/mol. The lowest BCUT2D eigenvalue weighted by atomic mass is 9.98. The van der Waals surface area contributed by atoms with Gasteiger partial charge in [-0.2, -0.15) is 0 Å². The number of methoxy groups -OCH3 is 1. The third-order valence-corrected chi connectivity index (χ3v) is 4.16. The molecule has 0 saturated carbocycles. The Morgan fingerprint density at radius 2 is 1.94 bits per heavy atom. The fourth-order valence-electron chi connectivity index (χ4n) is 1.98. The summed E-state index contributed by atoms with van der Waals surface area (Å²) in [6.45, 7) is 3.75. The first kappa shape index (κ1) is 14.8. The summed E-state index contributed by atoms with van der Waals surface area (Å²) in [6, 6.07) is 0. The third kappa shape index (κ3) is 2.96. The van der Waals surface area contributed by atoms with E-state index in [4.69, 9.17) is 9.84 Å². The average Bonchev–Trinajstić information content (AvgIpc) is 2.31. The molecule has 1 aromatic carbocycles. The molecule has 0 radical (unpaired) electrons. The van der Waals surface area contributed by atoms with E-state index in [1.807, 2.05) is 13.8 Å². The van der Waals surface area contributed by atoms with Gasteiger partial charge in [-0.25, -0.2) is 0 Å². The van der Waals surface area contributed by atoms with Crippen LogP contribution in [-0.2, 0) is 11.2 Å². The lowest BCUT2D eigenvalue weighted by Crippen LogP contribution is -2.01. The number of aromatic hydroxyl groups is 1. The molecule has 0 bridgehead atoms. The summed E-state index contributed by atoms with van der Waals surface area (Å²) in [5.74, 6) is -0.274. The first-order chi connectivity index (χ1) is 8.40. The highest BCUT2D eigenvalue weighted by molar-refractivity contribution is 9.10. The highest BCUT2D eigenvalue weighted by atomic mass is 79.9. The molecule has 0 spiro atoms. The van der Waals surface area contributed by atoms with Crippen molar-refractivity contribution < 1.29 is 19.7 Å². The summed E-state index contributed by atoms with van der Waals surface area (Å²) in [5.41, 5.74) is 2.51. The summed E-state index contributed by atoms with van der Waals surface area (Å²) in [5, 5.41) is 18.8. The van der Waals surface area contributed by atoms with E-state index in [1.54, 1.807) is 0 Å². The van der Waals surface area contributed by atoms with Crippen molar-refractivity contribution in [3.63, 3.8) is 0 Å². The molecule has 4 nitrogen and oxygen atoms in total. The van der Waals surface area contributed by atoms with Crippen LogP contribution in [0.2, 0.25) is 0 Å². The van der Waals surface area contributed by atoms with Gasteiger partial charge in [0.2, 0.25) is 0 Å². The summed E-state index contributed by atoms with van der Waals surface area (Å²) in [4.78, 5) is 10.5. The monoisotopic (exact) mass is 316 g/mol. The van der Waals surface area contributed by atoms with Crippen molar-refractivity contribution >= 4 is 21.9 Å². The van der Waals surface area contributed by atoms with E-state index >= 15 is 0 Å². The van der Waals surface area contributed by atoms with Crippen LogP contribution in [0.5, 0.6) is 11.5 Å². The maximum Gasteiger partial charge on any atom is 0.303 e. The van der Waals surface area contributed by atoms with Gasteiger partial charge in [0, 0.05) is 22.0 Å². The van der Waals surface area contributed by atoms with Gasteiger partial charge in [0.05, 0.1) is 7.11 Å². The fourth-order valence-corrected chi connectivity index (χ4v) is 2.40. The molecule has 0 unspecified atom stereocenters. The number of carbonyl (C=O) groups is 1. The summed E-state index contributed by atoms with van der Waals surface area (Å²) >= 11 is 3.47. The number of carboxylic acids is 1.